The van der Waals surface area contributed by atoms with Crippen molar-refractivity contribution < 1.29 is 24.4 Å². The van der Waals surface area contributed by atoms with E-state index in [1.54, 1.807) is 11.0 Å². The number of imide groups is 1. The summed E-state index contributed by atoms with van der Waals surface area (Å²) in [5.41, 5.74) is 6.11. The highest BCUT2D eigenvalue weighted by Crippen LogP contribution is 2.52. The Morgan fingerprint density at radius 2 is 1.64 bits per heavy atom. The van der Waals surface area contributed by atoms with Gasteiger partial charge in [-0.05, 0) is 85.3 Å². The predicted octanol–water partition coefficient (Wildman–Crippen LogP) is 7.77. The molecule has 0 unspecified atom stereocenters. The topological polar surface area (TPSA) is 90.3 Å². The molecule has 7 rings (SSSR count). The summed E-state index contributed by atoms with van der Waals surface area (Å²) in [5.74, 6) is -0.689. The number of carbonyl (C=O) groups excluding carboxylic acids is 2. The number of amides is 2. The maximum atomic E-state index is 14.4. The average Bonchev–Trinajstić information content (AvgIpc) is 3.38. The van der Waals surface area contributed by atoms with Crippen LogP contribution < -0.4 is 0 Å². The van der Waals surface area contributed by atoms with Gasteiger partial charge >= 0.3 is 7.12 Å². The van der Waals surface area contributed by atoms with E-state index < -0.39 is 13.0 Å². The van der Waals surface area contributed by atoms with Crippen LogP contribution in [-0.2, 0) is 20.8 Å². The lowest BCUT2D eigenvalue weighted by Gasteiger charge is -2.43. The molecular formula is C42H51BN2O5. The van der Waals surface area contributed by atoms with Gasteiger partial charge in [-0.2, -0.15) is 0 Å². The van der Waals surface area contributed by atoms with Crippen molar-refractivity contribution in [3.05, 3.63) is 94.6 Å². The summed E-state index contributed by atoms with van der Waals surface area (Å²) in [6, 6.07) is 22.1. The highest BCUT2D eigenvalue weighted by Gasteiger charge is 2.58. The van der Waals surface area contributed by atoms with Gasteiger partial charge in [0.1, 0.15) is 5.75 Å². The molecule has 3 fully saturated rings. The molecule has 0 radical (unpaired) electrons. The molecule has 0 aromatic heterocycles. The molecule has 3 aromatic carbocycles. The maximum absolute atomic E-state index is 14.4. The molecule has 0 spiro atoms. The molecule has 2 N–H and O–H groups in total. The highest BCUT2D eigenvalue weighted by atomic mass is 16.5. The summed E-state index contributed by atoms with van der Waals surface area (Å²) in [7, 11) is -0.965. The van der Waals surface area contributed by atoms with Crippen molar-refractivity contribution in [2.24, 2.45) is 17.8 Å². The molecule has 0 bridgehead atoms. The van der Waals surface area contributed by atoms with Crippen LogP contribution in [0.3, 0.4) is 0 Å². The molecule has 3 heterocycles. The number of piperidine rings is 1. The molecule has 4 aliphatic rings. The second-order valence-corrected chi connectivity index (χ2v) is 14.9. The van der Waals surface area contributed by atoms with Crippen LogP contribution in [0.2, 0.25) is 6.32 Å². The van der Waals surface area contributed by atoms with E-state index in [1.165, 1.54) is 22.3 Å². The van der Waals surface area contributed by atoms with Crippen LogP contribution in [-0.4, -0.2) is 64.1 Å². The molecule has 0 saturated carbocycles. The van der Waals surface area contributed by atoms with E-state index in [1.807, 2.05) is 36.4 Å². The zero-order valence-corrected chi connectivity index (χ0v) is 29.6. The van der Waals surface area contributed by atoms with Gasteiger partial charge in [-0.3, -0.25) is 19.4 Å². The van der Waals surface area contributed by atoms with Crippen LogP contribution in [0.15, 0.2) is 83.4 Å². The Bertz CT molecular complexity index is 1760. The first-order valence-electron chi connectivity index (χ1n) is 18.9. The van der Waals surface area contributed by atoms with Crippen LogP contribution in [0.5, 0.6) is 5.75 Å². The first kappa shape index (κ1) is 34.7. The Kier molecular flexibility index (Phi) is 10.6. The molecule has 8 heteroatoms. The average molecular weight is 675 g/mol. The van der Waals surface area contributed by atoms with E-state index in [4.69, 9.17) is 4.65 Å². The summed E-state index contributed by atoms with van der Waals surface area (Å²) in [6.45, 7) is 6.97. The molecule has 3 saturated heterocycles. The van der Waals surface area contributed by atoms with Gasteiger partial charge in [-0.15, -0.1) is 0 Å². The van der Waals surface area contributed by atoms with Gasteiger partial charge < -0.3 is 14.8 Å². The van der Waals surface area contributed by atoms with Crippen molar-refractivity contribution >= 4 is 35.8 Å². The first-order chi connectivity index (χ1) is 24.4. The zero-order valence-electron chi connectivity index (χ0n) is 29.6. The number of phenolic OH excluding ortho intramolecular Hbond substituents is 1. The lowest BCUT2D eigenvalue weighted by molar-refractivity contribution is -0.144. The van der Waals surface area contributed by atoms with Crippen LogP contribution in [0.25, 0.3) is 16.8 Å². The summed E-state index contributed by atoms with van der Waals surface area (Å²) < 4.78 is 6.33. The van der Waals surface area contributed by atoms with E-state index in [0.29, 0.717) is 19.2 Å². The second kappa shape index (κ2) is 15.3. The third-order valence-electron chi connectivity index (χ3n) is 11.7. The van der Waals surface area contributed by atoms with Gasteiger partial charge in [-0.1, -0.05) is 105 Å². The summed E-state index contributed by atoms with van der Waals surface area (Å²) in [6.07, 6.45) is 9.82. The smallest absolute Gasteiger partial charge is 0.455 e. The van der Waals surface area contributed by atoms with Crippen molar-refractivity contribution in [2.75, 3.05) is 13.1 Å². The molecule has 7 nitrogen and oxygen atoms in total. The van der Waals surface area contributed by atoms with Crippen LogP contribution in [0.4, 0.5) is 0 Å². The predicted molar refractivity (Wildman–Crippen MR) is 199 cm³/mol. The largest absolute Gasteiger partial charge is 0.507 e. The molecule has 262 valence electrons. The summed E-state index contributed by atoms with van der Waals surface area (Å²) in [5, 5.41) is 23.4. The Morgan fingerprint density at radius 3 is 2.38 bits per heavy atom. The van der Waals surface area contributed by atoms with Crippen LogP contribution >= 0.6 is 0 Å². The minimum absolute atomic E-state index is 0.000911. The molecular weight excluding hydrogens is 623 g/mol. The van der Waals surface area contributed by atoms with Gasteiger partial charge in [0.15, 0.2) is 0 Å². The molecule has 1 aliphatic carbocycles. The van der Waals surface area contributed by atoms with Gasteiger partial charge in [0.05, 0.1) is 17.9 Å². The lowest BCUT2D eigenvalue weighted by Crippen LogP contribution is -2.48. The van der Waals surface area contributed by atoms with Crippen molar-refractivity contribution in [2.45, 2.75) is 96.6 Å². The minimum Gasteiger partial charge on any atom is -0.507 e. The lowest BCUT2D eigenvalue weighted by atomic mass is 9.58. The quantitative estimate of drug-likeness (QED) is 0.123. The van der Waals surface area contributed by atoms with Crippen molar-refractivity contribution in [3.8, 4) is 5.75 Å². The maximum Gasteiger partial charge on any atom is 0.455 e. The third-order valence-corrected chi connectivity index (χ3v) is 11.7. The number of aromatic hydroxyl groups is 1. The number of rotatable bonds is 11. The van der Waals surface area contributed by atoms with Crippen molar-refractivity contribution in [1.29, 1.82) is 0 Å². The van der Waals surface area contributed by atoms with Crippen LogP contribution in [0, 0.1) is 17.8 Å². The number of hydrogen-bond acceptors (Lipinski definition) is 6. The Labute approximate surface area is 297 Å². The highest BCUT2D eigenvalue weighted by molar-refractivity contribution is 6.43. The second-order valence-electron chi connectivity index (χ2n) is 14.9. The third kappa shape index (κ3) is 6.95. The summed E-state index contributed by atoms with van der Waals surface area (Å²) >= 11 is 0. The molecule has 3 aliphatic heterocycles. The van der Waals surface area contributed by atoms with E-state index in [9.17, 15) is 19.7 Å². The monoisotopic (exact) mass is 674 g/mol. The van der Waals surface area contributed by atoms with Crippen LogP contribution in [0.1, 0.15) is 82.8 Å². The van der Waals surface area contributed by atoms with Gasteiger partial charge in [0.2, 0.25) is 11.8 Å². The molecule has 4 atom stereocenters. The summed E-state index contributed by atoms with van der Waals surface area (Å²) in [4.78, 5) is 32.6. The number of hydrogen-bond donors (Lipinski definition) is 2. The molecule has 3 aromatic rings. The normalized spacial score (nSPS) is 25.1. The number of allylic oxidation sites excluding steroid dienone is 2. The Balaban J connectivity index is 1.10. The fourth-order valence-corrected chi connectivity index (χ4v) is 9.42. The van der Waals surface area contributed by atoms with Gasteiger partial charge in [0, 0.05) is 31.1 Å². The SMILES string of the molecule is CCCC1=C2[C@@H](CC/C(=C/c3ccc(O)c4ccccc34)CCC)OB(O)C[C@@H]2[C@@H]2C(=O)N(C3CCN(Cc4ccccc4)CC3)C(=O)[C@@H]2C1. The van der Waals surface area contributed by atoms with E-state index in [-0.39, 0.29) is 41.5 Å². The molecule has 2 amide bonds. The Morgan fingerprint density at radius 1 is 0.900 bits per heavy atom. The number of phenols is 1. The fraction of sp³-hybridized carbons (Fsp3) is 0.476. The van der Waals surface area contributed by atoms with Crippen molar-refractivity contribution in [1.82, 2.24) is 9.80 Å². The number of carbonyl (C=O) groups is 2. The molecule has 50 heavy (non-hydrogen) atoms. The minimum atomic E-state index is -0.965. The van der Waals surface area contributed by atoms with Crippen molar-refractivity contribution in [3.63, 3.8) is 0 Å². The van der Waals surface area contributed by atoms with E-state index in [0.717, 1.165) is 80.9 Å². The number of nitrogens with zero attached hydrogens (tertiary/aromatic N) is 2. The number of benzene rings is 3. The zero-order chi connectivity index (χ0) is 34.8. The van der Waals surface area contributed by atoms with Gasteiger partial charge in [0.25, 0.3) is 0 Å². The van der Waals surface area contributed by atoms with E-state index >= 15 is 0 Å². The fourth-order valence-electron chi connectivity index (χ4n) is 9.42. The number of likely N-dealkylation sites (tertiary alicyclic amines) is 2. The standard InChI is InChI=1S/C42H51BN2O5/c1-3-10-28(24-30-17-18-37(46)34-15-9-8-14-33(30)34)16-19-38-39-31(11-4-2)25-35-40(36(39)26-43(49)50-38)42(48)45(41(35)47)32-20-22-44(23-21-32)27-29-12-6-5-7-13-29/h5-9,12-15,17-18,24,32,35-36,38,40,46,49H,3-4,10-11,16,19-23,25-27H2,1-2H3/b28-24+/t35-,36+,38-,40-/m1/s1. The Hall–Kier alpha value is -3.72. The first-order valence-corrected chi connectivity index (χ1v) is 18.9. The number of fused-ring (bicyclic) bond motifs is 4. The van der Waals surface area contributed by atoms with Gasteiger partial charge in [-0.25, -0.2) is 0 Å². The van der Waals surface area contributed by atoms with E-state index in [2.05, 4.69) is 49.1 Å².